The smallest absolute Gasteiger partial charge is 0.307 e. The average molecular weight is 388 g/mol. The van der Waals surface area contributed by atoms with Crippen LogP contribution in [0.15, 0.2) is 34.1 Å². The number of piperidine rings is 1. The average Bonchev–Trinajstić information content (AvgIpc) is 3.38. The van der Waals surface area contributed by atoms with Crippen molar-refractivity contribution in [3.05, 3.63) is 24.3 Å². The van der Waals surface area contributed by atoms with Crippen LogP contribution in [0.3, 0.4) is 0 Å². The SMILES string of the molecule is O=C(O)C1CCCN(S(=O)(=O)c2ccc(S(=O)(=O)NC3CC3)cc2)C1. The highest BCUT2D eigenvalue weighted by atomic mass is 32.2. The molecule has 1 atom stereocenters. The number of carboxylic acid groups (broad SMARTS) is 1. The fourth-order valence-corrected chi connectivity index (χ4v) is 5.62. The number of benzene rings is 1. The summed E-state index contributed by atoms with van der Waals surface area (Å²) in [4.78, 5) is 11.1. The second kappa shape index (κ2) is 6.67. The van der Waals surface area contributed by atoms with Crippen molar-refractivity contribution < 1.29 is 26.7 Å². The number of sulfonamides is 2. The van der Waals surface area contributed by atoms with Crippen LogP contribution in [-0.4, -0.2) is 51.3 Å². The van der Waals surface area contributed by atoms with Gasteiger partial charge in [-0.25, -0.2) is 21.6 Å². The van der Waals surface area contributed by atoms with Gasteiger partial charge in [0.1, 0.15) is 0 Å². The Morgan fingerprint density at radius 1 is 1.04 bits per heavy atom. The number of hydrogen-bond acceptors (Lipinski definition) is 5. The zero-order valence-electron chi connectivity index (χ0n) is 13.5. The van der Waals surface area contributed by atoms with Crippen molar-refractivity contribution in [3.63, 3.8) is 0 Å². The Balaban J connectivity index is 1.79. The highest BCUT2D eigenvalue weighted by Crippen LogP contribution is 2.26. The van der Waals surface area contributed by atoms with Crippen molar-refractivity contribution in [2.75, 3.05) is 13.1 Å². The molecular weight excluding hydrogens is 368 g/mol. The van der Waals surface area contributed by atoms with E-state index in [-0.39, 0.29) is 28.9 Å². The highest BCUT2D eigenvalue weighted by Gasteiger charge is 2.33. The van der Waals surface area contributed by atoms with Crippen molar-refractivity contribution in [1.82, 2.24) is 9.03 Å². The van der Waals surface area contributed by atoms with E-state index in [0.29, 0.717) is 12.8 Å². The Kier molecular flexibility index (Phi) is 4.89. The van der Waals surface area contributed by atoms with Gasteiger partial charge in [0, 0.05) is 19.1 Å². The molecule has 1 aromatic carbocycles. The van der Waals surface area contributed by atoms with Crippen molar-refractivity contribution in [3.8, 4) is 0 Å². The second-order valence-corrected chi connectivity index (χ2v) is 10.1. The summed E-state index contributed by atoms with van der Waals surface area (Å²) in [5.41, 5.74) is 0. The lowest BCUT2D eigenvalue weighted by atomic mass is 10.0. The molecule has 1 aliphatic carbocycles. The molecule has 2 fully saturated rings. The number of nitrogens with zero attached hydrogens (tertiary/aromatic N) is 1. The molecule has 10 heteroatoms. The molecule has 138 valence electrons. The van der Waals surface area contributed by atoms with Crippen molar-refractivity contribution >= 4 is 26.0 Å². The Labute approximate surface area is 146 Å². The predicted octanol–water partition coefficient (Wildman–Crippen LogP) is 0.613. The Hall–Kier alpha value is -1.49. The van der Waals surface area contributed by atoms with Gasteiger partial charge in [0.25, 0.3) is 0 Å². The van der Waals surface area contributed by atoms with E-state index in [9.17, 15) is 21.6 Å². The first-order valence-electron chi connectivity index (χ1n) is 8.05. The summed E-state index contributed by atoms with van der Waals surface area (Å²) in [5, 5.41) is 9.10. The maximum Gasteiger partial charge on any atom is 0.307 e. The topological polar surface area (TPSA) is 121 Å². The van der Waals surface area contributed by atoms with Crippen LogP contribution >= 0.6 is 0 Å². The minimum atomic E-state index is -3.85. The summed E-state index contributed by atoms with van der Waals surface area (Å²) in [6.45, 7) is 0.191. The zero-order chi connectivity index (χ0) is 18.2. The third-order valence-corrected chi connectivity index (χ3v) is 7.82. The Morgan fingerprint density at radius 2 is 1.64 bits per heavy atom. The number of carboxylic acids is 1. The summed E-state index contributed by atoms with van der Waals surface area (Å²) < 4.78 is 53.3. The number of hydrogen-bond donors (Lipinski definition) is 2. The molecule has 0 spiro atoms. The lowest BCUT2D eigenvalue weighted by Gasteiger charge is -2.29. The quantitative estimate of drug-likeness (QED) is 0.737. The summed E-state index contributed by atoms with van der Waals surface area (Å²) in [6, 6.07) is 4.99. The Morgan fingerprint density at radius 3 is 2.20 bits per heavy atom. The molecule has 2 aliphatic rings. The van der Waals surface area contributed by atoms with Crippen LogP contribution in [0.2, 0.25) is 0 Å². The van der Waals surface area contributed by atoms with Crippen LogP contribution in [0.1, 0.15) is 25.7 Å². The van der Waals surface area contributed by atoms with E-state index in [0.717, 1.165) is 17.1 Å². The van der Waals surface area contributed by atoms with Gasteiger partial charge in [0.2, 0.25) is 20.0 Å². The zero-order valence-corrected chi connectivity index (χ0v) is 15.1. The van der Waals surface area contributed by atoms with Gasteiger partial charge >= 0.3 is 5.97 Å². The summed E-state index contributed by atoms with van der Waals surface area (Å²) in [5.74, 6) is -1.72. The van der Waals surface area contributed by atoms with Gasteiger partial charge < -0.3 is 5.11 Å². The van der Waals surface area contributed by atoms with Crippen LogP contribution in [0.4, 0.5) is 0 Å². The van der Waals surface area contributed by atoms with Crippen molar-refractivity contribution in [2.24, 2.45) is 5.92 Å². The lowest BCUT2D eigenvalue weighted by Crippen LogP contribution is -2.42. The van der Waals surface area contributed by atoms with Crippen LogP contribution in [0.25, 0.3) is 0 Å². The molecule has 0 amide bonds. The van der Waals surface area contributed by atoms with Gasteiger partial charge in [-0.3, -0.25) is 4.79 Å². The summed E-state index contributed by atoms with van der Waals surface area (Å²) in [7, 11) is -7.49. The molecule has 1 unspecified atom stereocenters. The van der Waals surface area contributed by atoms with Crippen molar-refractivity contribution in [2.45, 2.75) is 41.5 Å². The van der Waals surface area contributed by atoms with Crippen LogP contribution in [-0.2, 0) is 24.8 Å². The predicted molar refractivity (Wildman–Crippen MR) is 88.9 cm³/mol. The molecule has 1 aliphatic heterocycles. The summed E-state index contributed by atoms with van der Waals surface area (Å²) >= 11 is 0. The van der Waals surface area contributed by atoms with E-state index in [1.165, 1.54) is 24.3 Å². The molecule has 0 bridgehead atoms. The molecule has 25 heavy (non-hydrogen) atoms. The van der Waals surface area contributed by atoms with Gasteiger partial charge in [0.05, 0.1) is 15.7 Å². The molecule has 8 nitrogen and oxygen atoms in total. The molecule has 1 heterocycles. The minimum Gasteiger partial charge on any atom is -0.481 e. The van der Waals surface area contributed by atoms with E-state index in [2.05, 4.69) is 4.72 Å². The van der Waals surface area contributed by atoms with Crippen LogP contribution in [0, 0.1) is 5.92 Å². The first kappa shape index (κ1) is 18.3. The molecule has 0 aromatic heterocycles. The van der Waals surface area contributed by atoms with Gasteiger partial charge in [-0.15, -0.1) is 0 Å². The van der Waals surface area contributed by atoms with E-state index in [1.54, 1.807) is 0 Å². The maximum atomic E-state index is 12.7. The maximum absolute atomic E-state index is 12.7. The standard InChI is InChI=1S/C15H20N2O6S2/c18-15(19)11-2-1-9-17(10-11)25(22,23)14-7-5-13(6-8-14)24(20,21)16-12-3-4-12/h5-8,11-12,16H,1-4,9-10H2,(H,18,19). The molecule has 1 aromatic rings. The second-order valence-electron chi connectivity index (χ2n) is 6.41. The lowest BCUT2D eigenvalue weighted by molar-refractivity contribution is -0.142. The third kappa shape index (κ3) is 4.02. The van der Waals surface area contributed by atoms with E-state index in [4.69, 9.17) is 5.11 Å². The molecule has 1 saturated carbocycles. The fourth-order valence-electron chi connectivity index (χ4n) is 2.79. The number of aliphatic carboxylic acids is 1. The van der Waals surface area contributed by atoms with Gasteiger partial charge in [0.15, 0.2) is 0 Å². The minimum absolute atomic E-state index is 0.0143. The van der Waals surface area contributed by atoms with E-state index < -0.39 is 31.9 Å². The molecule has 1 saturated heterocycles. The van der Waals surface area contributed by atoms with Crippen LogP contribution in [0.5, 0.6) is 0 Å². The molecule has 3 rings (SSSR count). The normalized spacial score (nSPS) is 22.6. The first-order valence-corrected chi connectivity index (χ1v) is 11.0. The third-order valence-electron chi connectivity index (χ3n) is 4.40. The van der Waals surface area contributed by atoms with E-state index >= 15 is 0 Å². The van der Waals surface area contributed by atoms with E-state index in [1.807, 2.05) is 0 Å². The molecular formula is C15H20N2O6S2. The number of nitrogens with one attached hydrogen (secondary N) is 1. The largest absolute Gasteiger partial charge is 0.481 e. The fraction of sp³-hybridized carbons (Fsp3) is 0.533. The van der Waals surface area contributed by atoms with Gasteiger partial charge in [-0.05, 0) is 49.9 Å². The number of rotatable bonds is 6. The van der Waals surface area contributed by atoms with Gasteiger partial charge in [-0.1, -0.05) is 0 Å². The van der Waals surface area contributed by atoms with Crippen LogP contribution < -0.4 is 4.72 Å². The summed E-state index contributed by atoms with van der Waals surface area (Å²) in [6.07, 6.45) is 2.55. The first-order chi connectivity index (χ1) is 11.7. The van der Waals surface area contributed by atoms with Crippen molar-refractivity contribution in [1.29, 1.82) is 0 Å². The molecule has 0 radical (unpaired) electrons. The Bertz CT molecular complexity index is 860. The van der Waals surface area contributed by atoms with Gasteiger partial charge in [-0.2, -0.15) is 4.31 Å². The molecule has 2 N–H and O–H groups in total. The highest BCUT2D eigenvalue weighted by molar-refractivity contribution is 7.89. The monoisotopic (exact) mass is 388 g/mol. The number of carbonyl (C=O) groups is 1.